The minimum absolute atomic E-state index is 0.0214. The molecule has 1 N–H and O–H groups in total. The van der Waals surface area contributed by atoms with Crippen LogP contribution in [-0.2, 0) is 4.74 Å². The summed E-state index contributed by atoms with van der Waals surface area (Å²) in [6.45, 7) is 1.99. The lowest BCUT2D eigenvalue weighted by Crippen LogP contribution is -2.20. The van der Waals surface area contributed by atoms with E-state index in [1.807, 2.05) is 0 Å². The summed E-state index contributed by atoms with van der Waals surface area (Å²) in [5, 5.41) is 5.52. The molecule has 4 nitrogen and oxygen atoms in total. The topological polar surface area (TPSA) is 51.2 Å². The van der Waals surface area contributed by atoms with Gasteiger partial charge in [-0.1, -0.05) is 0 Å². The third-order valence-corrected chi connectivity index (χ3v) is 2.95. The van der Waals surface area contributed by atoms with Crippen molar-refractivity contribution in [2.24, 2.45) is 0 Å². The number of ether oxygens (including phenoxy) is 1. The molecule has 1 saturated heterocycles. The Kier molecular flexibility index (Phi) is 3.23. The van der Waals surface area contributed by atoms with Gasteiger partial charge < -0.3 is 10.1 Å². The van der Waals surface area contributed by atoms with Gasteiger partial charge in [0.15, 0.2) is 5.01 Å². The largest absolute Gasteiger partial charge is 0.369 e. The second-order valence-electron chi connectivity index (χ2n) is 3.19. The molecule has 0 unspecified atom stereocenters. The van der Waals surface area contributed by atoms with Crippen molar-refractivity contribution in [1.29, 1.82) is 0 Å². The van der Waals surface area contributed by atoms with Gasteiger partial charge in [0.1, 0.15) is 6.61 Å². The maximum absolute atomic E-state index is 11.5. The molecule has 5 heteroatoms. The molecular weight excluding hydrogens is 200 g/mol. The Bertz CT molecular complexity index is 294. The van der Waals surface area contributed by atoms with Crippen molar-refractivity contribution < 1.29 is 9.53 Å². The van der Waals surface area contributed by atoms with E-state index in [0.29, 0.717) is 5.01 Å². The summed E-state index contributed by atoms with van der Waals surface area (Å²) in [6, 6.07) is 0. The van der Waals surface area contributed by atoms with Gasteiger partial charge in [-0.25, -0.2) is 4.98 Å². The van der Waals surface area contributed by atoms with Crippen LogP contribution < -0.4 is 5.32 Å². The van der Waals surface area contributed by atoms with Gasteiger partial charge in [-0.2, -0.15) is 0 Å². The van der Waals surface area contributed by atoms with Crippen LogP contribution in [0.4, 0.5) is 0 Å². The number of carbonyl (C=O) groups is 1. The summed E-state index contributed by atoms with van der Waals surface area (Å²) in [5.41, 5.74) is 0. The first-order valence-corrected chi connectivity index (χ1v) is 5.49. The molecule has 1 aliphatic heterocycles. The van der Waals surface area contributed by atoms with Crippen LogP contribution in [0.15, 0.2) is 11.6 Å². The van der Waals surface area contributed by atoms with Crippen LogP contribution in [0.25, 0.3) is 0 Å². The quantitative estimate of drug-likeness (QED) is 0.747. The molecule has 2 rings (SSSR count). The molecule has 1 aromatic heterocycles. The Balaban J connectivity index is 1.78. The number of carbonyl (C=O) groups excluding carboxylic acids is 1. The molecule has 0 bridgehead atoms. The smallest absolute Gasteiger partial charge is 0.216 e. The van der Waals surface area contributed by atoms with Gasteiger partial charge in [-0.3, -0.25) is 4.79 Å². The molecule has 76 valence electrons. The van der Waals surface area contributed by atoms with E-state index in [-0.39, 0.29) is 18.5 Å². The molecule has 0 radical (unpaired) electrons. The highest BCUT2D eigenvalue weighted by Crippen LogP contribution is 2.07. The summed E-state index contributed by atoms with van der Waals surface area (Å²) in [4.78, 5) is 15.4. The summed E-state index contributed by atoms with van der Waals surface area (Å²) in [6.07, 6.45) is 2.82. The van der Waals surface area contributed by atoms with E-state index >= 15 is 0 Å². The number of nitrogens with zero attached hydrogens (tertiary/aromatic N) is 1. The predicted molar refractivity (Wildman–Crippen MR) is 53.7 cm³/mol. The molecule has 1 aromatic rings. The summed E-state index contributed by atoms with van der Waals surface area (Å²) in [5.74, 6) is -0.0214. The SMILES string of the molecule is O=C(CO[C@@H]1CCNC1)c1nccs1. The van der Waals surface area contributed by atoms with E-state index < -0.39 is 0 Å². The van der Waals surface area contributed by atoms with Crippen LogP contribution in [0.5, 0.6) is 0 Å². The van der Waals surface area contributed by atoms with Crippen LogP contribution in [0.3, 0.4) is 0 Å². The van der Waals surface area contributed by atoms with Gasteiger partial charge in [0.2, 0.25) is 5.78 Å². The first kappa shape index (κ1) is 9.76. The molecule has 0 aromatic carbocycles. The predicted octanol–water partition coefficient (Wildman–Crippen LogP) is 0.704. The maximum Gasteiger partial charge on any atom is 0.216 e. The van der Waals surface area contributed by atoms with E-state index in [1.54, 1.807) is 11.6 Å². The lowest BCUT2D eigenvalue weighted by molar-refractivity contribution is 0.0529. The number of rotatable bonds is 4. The minimum atomic E-state index is -0.0214. The van der Waals surface area contributed by atoms with Gasteiger partial charge in [-0.15, -0.1) is 11.3 Å². The number of hydrogen-bond donors (Lipinski definition) is 1. The van der Waals surface area contributed by atoms with Crippen LogP contribution >= 0.6 is 11.3 Å². The molecular formula is C9H12N2O2S. The number of ketones is 1. The van der Waals surface area contributed by atoms with E-state index in [4.69, 9.17) is 4.74 Å². The molecule has 0 aliphatic carbocycles. The van der Waals surface area contributed by atoms with Crippen LogP contribution in [0.2, 0.25) is 0 Å². The molecule has 2 heterocycles. The molecule has 0 saturated carbocycles. The van der Waals surface area contributed by atoms with E-state index in [9.17, 15) is 4.79 Å². The lowest BCUT2D eigenvalue weighted by atomic mass is 10.3. The molecule has 1 aliphatic rings. The first-order valence-electron chi connectivity index (χ1n) is 4.61. The Morgan fingerprint density at radius 1 is 1.79 bits per heavy atom. The van der Waals surface area contributed by atoms with Gasteiger partial charge in [0, 0.05) is 18.1 Å². The summed E-state index contributed by atoms with van der Waals surface area (Å²) >= 11 is 1.36. The fourth-order valence-corrected chi connectivity index (χ4v) is 1.95. The Hall–Kier alpha value is -0.780. The Morgan fingerprint density at radius 2 is 2.71 bits per heavy atom. The van der Waals surface area contributed by atoms with Crippen molar-refractivity contribution in [2.75, 3.05) is 19.7 Å². The fourth-order valence-electron chi connectivity index (χ4n) is 1.39. The zero-order chi connectivity index (χ0) is 9.80. The van der Waals surface area contributed by atoms with Crippen molar-refractivity contribution >= 4 is 17.1 Å². The second-order valence-corrected chi connectivity index (χ2v) is 4.08. The summed E-state index contributed by atoms with van der Waals surface area (Å²) in [7, 11) is 0. The van der Waals surface area contributed by atoms with Gasteiger partial charge in [0.05, 0.1) is 6.10 Å². The van der Waals surface area contributed by atoms with Crippen LogP contribution in [0, 0.1) is 0 Å². The van der Waals surface area contributed by atoms with E-state index in [2.05, 4.69) is 10.3 Å². The van der Waals surface area contributed by atoms with Crippen molar-refractivity contribution in [3.05, 3.63) is 16.6 Å². The maximum atomic E-state index is 11.5. The monoisotopic (exact) mass is 212 g/mol. The molecule has 0 spiro atoms. The standard InChI is InChI=1S/C9H12N2O2S/c12-8(9-11-3-4-14-9)6-13-7-1-2-10-5-7/h3-4,7,10H,1-2,5-6H2/t7-/m1/s1. The molecule has 1 fully saturated rings. The van der Waals surface area contributed by atoms with Gasteiger partial charge >= 0.3 is 0 Å². The third kappa shape index (κ3) is 2.37. The molecule has 14 heavy (non-hydrogen) atoms. The molecule has 0 amide bonds. The highest BCUT2D eigenvalue weighted by atomic mass is 32.1. The van der Waals surface area contributed by atoms with Crippen molar-refractivity contribution in [3.63, 3.8) is 0 Å². The first-order chi connectivity index (χ1) is 6.86. The second kappa shape index (κ2) is 4.63. The van der Waals surface area contributed by atoms with Crippen LogP contribution in [0.1, 0.15) is 16.2 Å². The number of hydrogen-bond acceptors (Lipinski definition) is 5. The van der Waals surface area contributed by atoms with Gasteiger partial charge in [0.25, 0.3) is 0 Å². The fraction of sp³-hybridized carbons (Fsp3) is 0.556. The summed E-state index contributed by atoms with van der Waals surface area (Å²) < 4.78 is 5.44. The molecule has 1 atom stereocenters. The normalized spacial score (nSPS) is 21.3. The van der Waals surface area contributed by atoms with Crippen molar-refractivity contribution in [1.82, 2.24) is 10.3 Å². The number of aromatic nitrogens is 1. The number of Topliss-reactive ketones (excluding diaryl/α,β-unsaturated/α-hetero) is 1. The Labute approximate surface area is 86.3 Å². The minimum Gasteiger partial charge on any atom is -0.369 e. The zero-order valence-electron chi connectivity index (χ0n) is 7.73. The number of thiazole rings is 1. The van der Waals surface area contributed by atoms with E-state index in [1.165, 1.54) is 11.3 Å². The lowest BCUT2D eigenvalue weighted by Gasteiger charge is -2.07. The Morgan fingerprint density at radius 3 is 3.36 bits per heavy atom. The highest BCUT2D eigenvalue weighted by molar-refractivity contribution is 7.11. The zero-order valence-corrected chi connectivity index (χ0v) is 8.55. The van der Waals surface area contributed by atoms with Gasteiger partial charge in [-0.05, 0) is 13.0 Å². The average molecular weight is 212 g/mol. The van der Waals surface area contributed by atoms with Crippen LogP contribution in [-0.4, -0.2) is 36.6 Å². The number of nitrogens with one attached hydrogen (secondary N) is 1. The van der Waals surface area contributed by atoms with Crippen molar-refractivity contribution in [3.8, 4) is 0 Å². The highest BCUT2D eigenvalue weighted by Gasteiger charge is 2.17. The van der Waals surface area contributed by atoms with E-state index in [0.717, 1.165) is 19.5 Å². The average Bonchev–Trinajstić information content (AvgIpc) is 2.87. The van der Waals surface area contributed by atoms with Crippen molar-refractivity contribution in [2.45, 2.75) is 12.5 Å². The third-order valence-electron chi connectivity index (χ3n) is 2.14.